The van der Waals surface area contributed by atoms with Gasteiger partial charge in [0.2, 0.25) is 0 Å². The van der Waals surface area contributed by atoms with Crippen molar-refractivity contribution in [3.63, 3.8) is 0 Å². The number of ketones is 1. The molecule has 3 nitrogen and oxygen atoms in total. The lowest BCUT2D eigenvalue weighted by atomic mass is 9.99. The van der Waals surface area contributed by atoms with Gasteiger partial charge in [0.1, 0.15) is 11.5 Å². The van der Waals surface area contributed by atoms with Gasteiger partial charge in [0.15, 0.2) is 5.78 Å². The van der Waals surface area contributed by atoms with Crippen molar-refractivity contribution in [1.29, 1.82) is 0 Å². The molecule has 2 aromatic carbocycles. The average Bonchev–Trinajstić information content (AvgIpc) is 2.50. The SMILES string of the molecule is COc1ccc(OC)c(C(=O)Cc2ccc(C)c(C)c2)c1. The second kappa shape index (κ2) is 6.44. The molecule has 0 unspecified atom stereocenters. The zero-order valence-electron chi connectivity index (χ0n) is 12.9. The lowest BCUT2D eigenvalue weighted by Crippen LogP contribution is -2.06. The largest absolute Gasteiger partial charge is 0.497 e. The van der Waals surface area contributed by atoms with Crippen LogP contribution in [0.25, 0.3) is 0 Å². The van der Waals surface area contributed by atoms with Crippen LogP contribution in [-0.2, 0) is 6.42 Å². The predicted octanol–water partition coefficient (Wildman–Crippen LogP) is 3.75. The monoisotopic (exact) mass is 284 g/mol. The van der Waals surface area contributed by atoms with Crippen LogP contribution in [0.15, 0.2) is 36.4 Å². The molecule has 0 bridgehead atoms. The molecule has 0 aliphatic carbocycles. The third kappa shape index (κ3) is 3.43. The van der Waals surface area contributed by atoms with Gasteiger partial charge in [-0.25, -0.2) is 0 Å². The van der Waals surface area contributed by atoms with Crippen LogP contribution in [0, 0.1) is 13.8 Å². The fourth-order valence-electron chi connectivity index (χ4n) is 2.23. The summed E-state index contributed by atoms with van der Waals surface area (Å²) in [7, 11) is 3.15. The van der Waals surface area contributed by atoms with Crippen molar-refractivity contribution >= 4 is 5.78 Å². The first-order valence-corrected chi connectivity index (χ1v) is 6.86. The summed E-state index contributed by atoms with van der Waals surface area (Å²) in [5.41, 5.74) is 3.98. The molecule has 3 heteroatoms. The molecule has 21 heavy (non-hydrogen) atoms. The van der Waals surface area contributed by atoms with Gasteiger partial charge in [-0.15, -0.1) is 0 Å². The number of methoxy groups -OCH3 is 2. The van der Waals surface area contributed by atoms with Crippen LogP contribution in [0.4, 0.5) is 0 Å². The first-order chi connectivity index (χ1) is 10.0. The summed E-state index contributed by atoms with van der Waals surface area (Å²) >= 11 is 0. The molecule has 0 spiro atoms. The molecule has 2 aromatic rings. The summed E-state index contributed by atoms with van der Waals surface area (Å²) in [5.74, 6) is 1.25. The summed E-state index contributed by atoms with van der Waals surface area (Å²) in [4.78, 5) is 12.5. The topological polar surface area (TPSA) is 35.5 Å². The first kappa shape index (κ1) is 15.1. The highest BCUT2D eigenvalue weighted by molar-refractivity contribution is 6.00. The number of rotatable bonds is 5. The van der Waals surface area contributed by atoms with E-state index in [1.165, 1.54) is 11.1 Å². The lowest BCUT2D eigenvalue weighted by Gasteiger charge is -2.10. The summed E-state index contributed by atoms with van der Waals surface area (Å²) in [6.07, 6.45) is 0.352. The Bertz CT molecular complexity index is 660. The van der Waals surface area contributed by atoms with E-state index >= 15 is 0 Å². The smallest absolute Gasteiger partial charge is 0.171 e. The third-order valence-electron chi connectivity index (χ3n) is 3.64. The molecule has 0 heterocycles. The molecule has 0 aliphatic heterocycles. The zero-order chi connectivity index (χ0) is 15.4. The molecule has 0 N–H and O–H groups in total. The maximum Gasteiger partial charge on any atom is 0.171 e. The van der Waals surface area contributed by atoms with Crippen molar-refractivity contribution in [3.8, 4) is 11.5 Å². The maximum absolute atomic E-state index is 12.5. The summed E-state index contributed by atoms with van der Waals surface area (Å²) in [6, 6.07) is 11.4. The standard InChI is InChI=1S/C18H20O3/c1-12-5-6-14(9-13(12)2)10-17(19)16-11-15(20-3)7-8-18(16)21-4/h5-9,11H,10H2,1-4H3. The Morgan fingerprint density at radius 2 is 1.71 bits per heavy atom. The van der Waals surface area contributed by atoms with E-state index in [9.17, 15) is 4.79 Å². The van der Waals surface area contributed by atoms with Gasteiger partial charge < -0.3 is 9.47 Å². The number of hydrogen-bond donors (Lipinski definition) is 0. The molecule has 2 rings (SSSR count). The van der Waals surface area contributed by atoms with Gasteiger partial charge in [-0.2, -0.15) is 0 Å². The third-order valence-corrected chi connectivity index (χ3v) is 3.64. The Kier molecular flexibility index (Phi) is 4.63. The minimum absolute atomic E-state index is 0.0222. The van der Waals surface area contributed by atoms with Crippen LogP contribution in [0.1, 0.15) is 27.0 Å². The molecule has 0 radical (unpaired) electrons. The molecule has 0 fully saturated rings. The van der Waals surface area contributed by atoms with Crippen LogP contribution in [0.5, 0.6) is 11.5 Å². The van der Waals surface area contributed by atoms with Crippen LogP contribution < -0.4 is 9.47 Å². The Hall–Kier alpha value is -2.29. The van der Waals surface area contributed by atoms with E-state index in [2.05, 4.69) is 19.9 Å². The van der Waals surface area contributed by atoms with E-state index in [0.29, 0.717) is 23.5 Å². The fraction of sp³-hybridized carbons (Fsp3) is 0.278. The van der Waals surface area contributed by atoms with E-state index in [1.807, 2.05) is 12.1 Å². The van der Waals surface area contributed by atoms with Gasteiger partial charge in [-0.05, 0) is 48.7 Å². The summed E-state index contributed by atoms with van der Waals surface area (Å²) in [6.45, 7) is 4.11. The number of carbonyl (C=O) groups is 1. The number of benzene rings is 2. The van der Waals surface area contributed by atoms with Crippen LogP contribution in [0.3, 0.4) is 0 Å². The van der Waals surface area contributed by atoms with Gasteiger partial charge in [0.05, 0.1) is 19.8 Å². The highest BCUT2D eigenvalue weighted by atomic mass is 16.5. The molecule has 0 aromatic heterocycles. The maximum atomic E-state index is 12.5. The van der Waals surface area contributed by atoms with Gasteiger partial charge in [-0.3, -0.25) is 4.79 Å². The zero-order valence-corrected chi connectivity index (χ0v) is 12.9. The highest BCUT2D eigenvalue weighted by Crippen LogP contribution is 2.25. The van der Waals surface area contributed by atoms with Gasteiger partial charge in [0, 0.05) is 6.42 Å². The second-order valence-electron chi connectivity index (χ2n) is 5.08. The minimum Gasteiger partial charge on any atom is -0.497 e. The van der Waals surface area contributed by atoms with E-state index in [1.54, 1.807) is 32.4 Å². The Labute approximate surface area is 125 Å². The number of Topliss-reactive ketones (excluding diaryl/α,β-unsaturated/α-hetero) is 1. The molecule has 0 saturated heterocycles. The molecule has 110 valence electrons. The van der Waals surface area contributed by atoms with Crippen molar-refractivity contribution in [2.45, 2.75) is 20.3 Å². The minimum atomic E-state index is 0.0222. The predicted molar refractivity (Wildman–Crippen MR) is 83.5 cm³/mol. The second-order valence-corrected chi connectivity index (χ2v) is 5.08. The average molecular weight is 284 g/mol. The van der Waals surface area contributed by atoms with Crippen molar-refractivity contribution < 1.29 is 14.3 Å². The highest BCUT2D eigenvalue weighted by Gasteiger charge is 2.14. The molecule has 0 aliphatic rings. The Morgan fingerprint density at radius 3 is 2.33 bits per heavy atom. The van der Waals surface area contributed by atoms with Crippen molar-refractivity contribution in [2.24, 2.45) is 0 Å². The van der Waals surface area contributed by atoms with Gasteiger partial charge in [-0.1, -0.05) is 18.2 Å². The van der Waals surface area contributed by atoms with Gasteiger partial charge in [0.25, 0.3) is 0 Å². The quantitative estimate of drug-likeness (QED) is 0.784. The van der Waals surface area contributed by atoms with Crippen molar-refractivity contribution in [3.05, 3.63) is 58.7 Å². The van der Waals surface area contributed by atoms with Gasteiger partial charge >= 0.3 is 0 Å². The van der Waals surface area contributed by atoms with E-state index < -0.39 is 0 Å². The number of aryl methyl sites for hydroxylation is 2. The molecular formula is C18H20O3. The number of carbonyl (C=O) groups excluding carboxylic acids is 1. The first-order valence-electron chi connectivity index (χ1n) is 6.86. The lowest BCUT2D eigenvalue weighted by molar-refractivity contribution is 0.0989. The number of ether oxygens (including phenoxy) is 2. The van der Waals surface area contributed by atoms with Crippen LogP contribution in [-0.4, -0.2) is 20.0 Å². The molecule has 0 atom stereocenters. The van der Waals surface area contributed by atoms with Crippen LogP contribution >= 0.6 is 0 Å². The number of hydrogen-bond acceptors (Lipinski definition) is 3. The van der Waals surface area contributed by atoms with E-state index in [0.717, 1.165) is 5.56 Å². The van der Waals surface area contributed by atoms with Crippen molar-refractivity contribution in [1.82, 2.24) is 0 Å². The molecule has 0 saturated carbocycles. The van der Waals surface area contributed by atoms with Crippen LogP contribution in [0.2, 0.25) is 0 Å². The Morgan fingerprint density at radius 1 is 0.952 bits per heavy atom. The molecular weight excluding hydrogens is 264 g/mol. The van der Waals surface area contributed by atoms with Crippen molar-refractivity contribution in [2.75, 3.05) is 14.2 Å². The molecule has 0 amide bonds. The summed E-state index contributed by atoms with van der Waals surface area (Å²) < 4.78 is 10.5. The Balaban J connectivity index is 2.28. The van der Waals surface area contributed by atoms with E-state index in [4.69, 9.17) is 9.47 Å². The normalized spacial score (nSPS) is 10.3. The van der Waals surface area contributed by atoms with E-state index in [-0.39, 0.29) is 5.78 Å². The summed E-state index contributed by atoms with van der Waals surface area (Å²) in [5, 5.41) is 0. The fourth-order valence-corrected chi connectivity index (χ4v) is 2.23.